The number of nitrogens with zero attached hydrogens (tertiary/aromatic N) is 4. The lowest BCUT2D eigenvalue weighted by Crippen LogP contribution is -2.49. The number of rotatable bonds is 9. The standard InChI is InChI=1S/C45H48ClN7O5/c46-38-24-34(6-1-30(38)25-47)58-33-7-3-31(4-8-33)48-45(56)39-11-13-41(49-39)53-17-15-28(16-18-53)26-51-19-21-52(22-20-51)32-5-9-35-29(23-32)2-12-40-43(35)37(27-57-40)36-10-14-42(54)50-44(36)55/h1-2,5-6,9,11-13,23-24,27-28,31,33,36,49H,3-4,7-8,10,14-22,26H2,(H,48,56)(H,50,54,55)/t31-,33-,36?. The maximum atomic E-state index is 13.2. The summed E-state index contributed by atoms with van der Waals surface area (Å²) in [4.78, 5) is 48.5. The number of carbonyl (C=O) groups is 3. The van der Waals surface area contributed by atoms with Gasteiger partial charge in [0.25, 0.3) is 5.91 Å². The van der Waals surface area contributed by atoms with E-state index in [2.05, 4.69) is 60.7 Å². The van der Waals surface area contributed by atoms with Gasteiger partial charge in [-0.25, -0.2) is 0 Å². The van der Waals surface area contributed by atoms with Crippen LogP contribution in [0.1, 0.15) is 78.9 Å². The number of hydrogen-bond acceptors (Lipinski definition) is 9. The van der Waals surface area contributed by atoms with Gasteiger partial charge in [0.05, 0.1) is 28.9 Å². The van der Waals surface area contributed by atoms with E-state index in [9.17, 15) is 14.4 Å². The molecule has 0 spiro atoms. The highest BCUT2D eigenvalue weighted by atomic mass is 35.5. The van der Waals surface area contributed by atoms with Crippen molar-refractivity contribution < 1.29 is 23.5 Å². The second-order valence-electron chi connectivity index (χ2n) is 16.3. The Hall–Kier alpha value is -5.51. The number of halogens is 1. The molecule has 1 saturated carbocycles. The van der Waals surface area contributed by atoms with E-state index in [0.29, 0.717) is 40.8 Å². The maximum Gasteiger partial charge on any atom is 0.267 e. The number of piperazine rings is 1. The van der Waals surface area contributed by atoms with Crippen LogP contribution in [0.5, 0.6) is 5.75 Å². The van der Waals surface area contributed by atoms with Gasteiger partial charge in [-0.05, 0) is 104 Å². The summed E-state index contributed by atoms with van der Waals surface area (Å²) in [7, 11) is 0. The lowest BCUT2D eigenvalue weighted by Gasteiger charge is -2.40. The van der Waals surface area contributed by atoms with Crippen molar-refractivity contribution in [3.8, 4) is 11.8 Å². The summed E-state index contributed by atoms with van der Waals surface area (Å²) in [6, 6.07) is 21.9. The minimum Gasteiger partial charge on any atom is -0.490 e. The molecule has 0 radical (unpaired) electrons. The van der Waals surface area contributed by atoms with Crippen LogP contribution < -0.4 is 25.2 Å². The highest BCUT2D eigenvalue weighted by Gasteiger charge is 2.32. The third-order valence-electron chi connectivity index (χ3n) is 12.7. The number of fused-ring (bicyclic) bond motifs is 3. The Morgan fingerprint density at radius 2 is 1.71 bits per heavy atom. The van der Waals surface area contributed by atoms with Crippen LogP contribution in [0.2, 0.25) is 5.02 Å². The molecule has 1 unspecified atom stereocenters. The molecule has 3 aromatic carbocycles. The lowest BCUT2D eigenvalue weighted by atomic mass is 9.89. The number of nitriles is 1. The predicted molar refractivity (Wildman–Crippen MR) is 224 cm³/mol. The van der Waals surface area contributed by atoms with Gasteiger partial charge in [0.1, 0.15) is 28.9 Å². The largest absolute Gasteiger partial charge is 0.490 e. The third kappa shape index (κ3) is 7.98. The summed E-state index contributed by atoms with van der Waals surface area (Å²) in [5.41, 5.74) is 3.84. The van der Waals surface area contributed by atoms with Gasteiger partial charge in [-0.1, -0.05) is 23.7 Å². The summed E-state index contributed by atoms with van der Waals surface area (Å²) in [5.74, 6) is 1.39. The number of piperidine rings is 2. The number of hydrogen-bond donors (Lipinski definition) is 3. The number of furan rings is 1. The van der Waals surface area contributed by atoms with Crippen molar-refractivity contribution in [2.45, 2.75) is 69.4 Å². The van der Waals surface area contributed by atoms with E-state index in [0.717, 1.165) is 117 Å². The van der Waals surface area contributed by atoms with E-state index in [1.165, 1.54) is 5.69 Å². The molecule has 3 amide bonds. The average molecular weight is 802 g/mol. The Morgan fingerprint density at radius 3 is 2.47 bits per heavy atom. The van der Waals surface area contributed by atoms with Crippen LogP contribution in [0, 0.1) is 17.2 Å². The molecule has 4 aliphatic rings. The first-order valence-electron chi connectivity index (χ1n) is 20.6. The molecule has 5 heterocycles. The summed E-state index contributed by atoms with van der Waals surface area (Å²) < 4.78 is 12.0. The van der Waals surface area contributed by atoms with Gasteiger partial charge in [0.2, 0.25) is 11.8 Å². The van der Waals surface area contributed by atoms with Crippen molar-refractivity contribution in [1.82, 2.24) is 20.5 Å². The molecule has 13 heteroatoms. The molecular weight excluding hydrogens is 754 g/mol. The monoisotopic (exact) mass is 801 g/mol. The maximum absolute atomic E-state index is 13.2. The van der Waals surface area contributed by atoms with Gasteiger partial charge in [-0.15, -0.1) is 0 Å². The number of ether oxygens (including phenoxy) is 1. The Kier molecular flexibility index (Phi) is 10.7. The van der Waals surface area contributed by atoms with E-state index in [-0.39, 0.29) is 29.9 Å². The van der Waals surface area contributed by atoms with Gasteiger partial charge < -0.3 is 29.3 Å². The zero-order valence-corrected chi connectivity index (χ0v) is 33.2. The van der Waals surface area contributed by atoms with Gasteiger partial charge in [-0.2, -0.15) is 5.26 Å². The van der Waals surface area contributed by atoms with Crippen molar-refractivity contribution in [1.29, 1.82) is 5.26 Å². The van der Waals surface area contributed by atoms with Gasteiger partial charge >= 0.3 is 0 Å². The summed E-state index contributed by atoms with van der Waals surface area (Å²) in [5, 5.41) is 18.3. The molecule has 300 valence electrons. The number of imide groups is 1. The number of nitrogens with one attached hydrogen (secondary N) is 3. The van der Waals surface area contributed by atoms with Crippen LogP contribution >= 0.6 is 11.6 Å². The topological polar surface area (TPSA) is 147 Å². The van der Waals surface area contributed by atoms with E-state index in [1.54, 1.807) is 24.5 Å². The normalized spacial score (nSPS) is 22.2. The number of H-pyrrole nitrogens is 1. The quantitative estimate of drug-likeness (QED) is 0.133. The second kappa shape index (κ2) is 16.4. The van der Waals surface area contributed by atoms with Crippen molar-refractivity contribution in [2.75, 3.05) is 55.6 Å². The molecule has 4 fully saturated rings. The van der Waals surface area contributed by atoms with Crippen LogP contribution in [0.3, 0.4) is 0 Å². The second-order valence-corrected chi connectivity index (χ2v) is 16.7. The van der Waals surface area contributed by atoms with E-state index in [4.69, 9.17) is 26.0 Å². The van der Waals surface area contributed by atoms with Gasteiger partial charge in [0, 0.05) is 81.0 Å². The van der Waals surface area contributed by atoms with Crippen LogP contribution in [0.15, 0.2) is 71.3 Å². The number of aromatic nitrogens is 1. The van der Waals surface area contributed by atoms with Crippen molar-refractivity contribution in [3.05, 3.63) is 88.8 Å². The molecule has 3 saturated heterocycles. The Bertz CT molecular complexity index is 2380. The Labute approximate surface area is 342 Å². The minimum atomic E-state index is -0.391. The fraction of sp³-hybridized carbons (Fsp3) is 0.422. The average Bonchev–Trinajstić information content (AvgIpc) is 3.91. The van der Waals surface area contributed by atoms with E-state index in [1.807, 2.05) is 18.2 Å². The van der Waals surface area contributed by atoms with Gasteiger partial charge in [0.15, 0.2) is 0 Å². The van der Waals surface area contributed by atoms with Gasteiger partial charge in [-0.3, -0.25) is 24.6 Å². The molecule has 5 aromatic rings. The zero-order valence-electron chi connectivity index (χ0n) is 32.5. The predicted octanol–water partition coefficient (Wildman–Crippen LogP) is 7.12. The molecule has 12 nitrogen and oxygen atoms in total. The fourth-order valence-electron chi connectivity index (χ4n) is 9.37. The third-order valence-corrected chi connectivity index (χ3v) is 13.0. The number of benzene rings is 3. The molecule has 9 rings (SSSR count). The van der Waals surface area contributed by atoms with Crippen LogP contribution in [-0.4, -0.2) is 85.6 Å². The molecule has 2 aromatic heterocycles. The highest BCUT2D eigenvalue weighted by Crippen LogP contribution is 2.38. The molecular formula is C45H48ClN7O5. The van der Waals surface area contributed by atoms with Crippen molar-refractivity contribution >= 4 is 62.6 Å². The van der Waals surface area contributed by atoms with Crippen LogP contribution in [0.4, 0.5) is 11.5 Å². The summed E-state index contributed by atoms with van der Waals surface area (Å²) >= 11 is 6.17. The molecule has 3 N–H and O–H groups in total. The molecule has 1 aliphatic carbocycles. The molecule has 0 bridgehead atoms. The van der Waals surface area contributed by atoms with Crippen LogP contribution in [-0.2, 0) is 9.59 Å². The molecule has 58 heavy (non-hydrogen) atoms. The van der Waals surface area contributed by atoms with Crippen LogP contribution in [0.25, 0.3) is 21.7 Å². The first-order chi connectivity index (χ1) is 28.3. The lowest BCUT2D eigenvalue weighted by molar-refractivity contribution is -0.134. The first kappa shape index (κ1) is 38.0. The van der Waals surface area contributed by atoms with Crippen molar-refractivity contribution in [3.63, 3.8) is 0 Å². The first-order valence-corrected chi connectivity index (χ1v) is 21.0. The van der Waals surface area contributed by atoms with Crippen molar-refractivity contribution in [2.24, 2.45) is 5.92 Å². The number of anilines is 2. The molecule has 3 aliphatic heterocycles. The smallest absolute Gasteiger partial charge is 0.267 e. The summed E-state index contributed by atoms with van der Waals surface area (Å²) in [6.07, 6.45) is 8.15. The minimum absolute atomic E-state index is 0.0547. The SMILES string of the molecule is N#Cc1ccc(O[C@H]2CC[C@H](NC(=O)c3ccc(N4CCC(CN5CCN(c6ccc7c(ccc8occ(C9CCC(=O)NC9=O)c87)c6)CC5)CC4)[nH]3)CC2)cc1Cl. The van der Waals surface area contributed by atoms with E-state index >= 15 is 0 Å². The Balaban J connectivity index is 0.720. The number of amides is 3. The number of carbonyl (C=O) groups excluding carboxylic acids is 3. The van der Waals surface area contributed by atoms with E-state index < -0.39 is 5.92 Å². The zero-order chi connectivity index (χ0) is 39.8. The fourth-order valence-corrected chi connectivity index (χ4v) is 9.59. The highest BCUT2D eigenvalue weighted by molar-refractivity contribution is 6.31. The number of aromatic amines is 1. The molecule has 1 atom stereocenters. The Morgan fingerprint density at radius 1 is 0.897 bits per heavy atom. The summed E-state index contributed by atoms with van der Waals surface area (Å²) in [6.45, 7) is 7.02.